The number of benzene rings is 3. The molecule has 3 aromatic rings. The fourth-order valence-electron chi connectivity index (χ4n) is 3.23. The average Bonchev–Trinajstić information content (AvgIpc) is 2.74. The molecule has 32 heavy (non-hydrogen) atoms. The van der Waals surface area contributed by atoms with E-state index in [0.29, 0.717) is 11.5 Å². The Morgan fingerprint density at radius 1 is 0.969 bits per heavy atom. The van der Waals surface area contributed by atoms with Crippen LogP contribution < -0.4 is 13.8 Å². The van der Waals surface area contributed by atoms with E-state index in [1.165, 1.54) is 37.4 Å². The van der Waals surface area contributed by atoms with E-state index in [1.54, 1.807) is 12.1 Å². The topological polar surface area (TPSA) is 72.9 Å². The molecule has 0 aliphatic heterocycles. The molecule has 0 aliphatic rings. The van der Waals surface area contributed by atoms with Crippen molar-refractivity contribution in [3.05, 3.63) is 82.4 Å². The number of carbonyl (C=O) groups excluding carboxylic acids is 1. The molecule has 0 aliphatic carbocycles. The van der Waals surface area contributed by atoms with Gasteiger partial charge in [0.2, 0.25) is 0 Å². The molecule has 0 radical (unpaired) electrons. The molecule has 0 unspecified atom stereocenters. The number of anilines is 1. The molecular weight excluding hydrogens is 450 g/mol. The van der Waals surface area contributed by atoms with Crippen LogP contribution in [-0.4, -0.2) is 28.0 Å². The summed E-state index contributed by atoms with van der Waals surface area (Å²) in [5.74, 6) is 0.151. The number of ether oxygens (including phenoxy) is 2. The lowest BCUT2D eigenvalue weighted by Crippen LogP contribution is -2.40. The molecule has 8 heteroatoms. The van der Waals surface area contributed by atoms with Gasteiger partial charge in [-0.05, 0) is 62.2 Å². The molecule has 3 rings (SSSR count). The molecule has 0 N–H and O–H groups in total. The standard InChI is InChI=1S/C24H24ClNO5S/c1-16-8-11-20(12-9-16)32(28,29)26(19-10-13-22(30-4)21(25)14-19)23(27)15-31-24-17(2)6-5-7-18(24)3/h5-14H,15H2,1-4H3. The van der Waals surface area contributed by atoms with Gasteiger partial charge in [-0.1, -0.05) is 47.5 Å². The van der Waals surface area contributed by atoms with Crippen molar-refractivity contribution in [2.45, 2.75) is 25.7 Å². The van der Waals surface area contributed by atoms with Gasteiger partial charge in [0.1, 0.15) is 11.5 Å². The first-order valence-corrected chi connectivity index (χ1v) is 11.6. The predicted octanol–water partition coefficient (Wildman–Crippen LogP) is 5.07. The first-order chi connectivity index (χ1) is 15.1. The van der Waals surface area contributed by atoms with Crippen LogP contribution in [0.15, 0.2) is 65.6 Å². The van der Waals surface area contributed by atoms with Crippen LogP contribution in [-0.2, 0) is 14.8 Å². The number of aryl methyl sites for hydroxylation is 3. The van der Waals surface area contributed by atoms with Crippen molar-refractivity contribution in [2.24, 2.45) is 0 Å². The molecular formula is C24H24ClNO5S. The van der Waals surface area contributed by atoms with Gasteiger partial charge in [0.25, 0.3) is 15.9 Å². The fraction of sp³-hybridized carbons (Fsp3) is 0.208. The first-order valence-electron chi connectivity index (χ1n) is 9.82. The van der Waals surface area contributed by atoms with Crippen molar-refractivity contribution in [2.75, 3.05) is 18.0 Å². The number of methoxy groups -OCH3 is 1. The lowest BCUT2D eigenvalue weighted by atomic mass is 10.1. The van der Waals surface area contributed by atoms with Crippen LogP contribution in [0.3, 0.4) is 0 Å². The van der Waals surface area contributed by atoms with Gasteiger partial charge in [0.15, 0.2) is 6.61 Å². The van der Waals surface area contributed by atoms with Gasteiger partial charge in [-0.15, -0.1) is 0 Å². The quantitative estimate of drug-likeness (QED) is 0.478. The van der Waals surface area contributed by atoms with Crippen LogP contribution in [0.1, 0.15) is 16.7 Å². The molecule has 0 saturated carbocycles. The summed E-state index contributed by atoms with van der Waals surface area (Å²) in [4.78, 5) is 13.2. The Morgan fingerprint density at radius 2 is 1.59 bits per heavy atom. The zero-order valence-corrected chi connectivity index (χ0v) is 19.8. The SMILES string of the molecule is COc1ccc(N(C(=O)COc2c(C)cccc2C)S(=O)(=O)c2ccc(C)cc2)cc1Cl. The molecule has 3 aromatic carbocycles. The van der Waals surface area contributed by atoms with Gasteiger partial charge in [-0.2, -0.15) is 4.31 Å². The minimum atomic E-state index is -4.23. The zero-order valence-electron chi connectivity index (χ0n) is 18.3. The summed E-state index contributed by atoms with van der Waals surface area (Å²) in [6.07, 6.45) is 0. The van der Waals surface area contributed by atoms with Crippen LogP contribution in [0.25, 0.3) is 0 Å². The largest absolute Gasteiger partial charge is 0.495 e. The molecule has 0 bridgehead atoms. The highest BCUT2D eigenvalue weighted by atomic mass is 35.5. The lowest BCUT2D eigenvalue weighted by Gasteiger charge is -2.24. The number of hydrogen-bond acceptors (Lipinski definition) is 5. The van der Waals surface area contributed by atoms with E-state index in [0.717, 1.165) is 21.0 Å². The van der Waals surface area contributed by atoms with Crippen LogP contribution in [0.2, 0.25) is 5.02 Å². The van der Waals surface area contributed by atoms with E-state index in [-0.39, 0.29) is 15.6 Å². The normalized spacial score (nSPS) is 11.2. The van der Waals surface area contributed by atoms with E-state index in [4.69, 9.17) is 21.1 Å². The second kappa shape index (κ2) is 9.63. The van der Waals surface area contributed by atoms with Gasteiger partial charge in [-0.3, -0.25) is 4.79 Å². The van der Waals surface area contributed by atoms with Crippen LogP contribution >= 0.6 is 11.6 Å². The highest BCUT2D eigenvalue weighted by Gasteiger charge is 2.32. The summed E-state index contributed by atoms with van der Waals surface area (Å²) in [7, 11) is -2.78. The Kier molecular flexibility index (Phi) is 7.11. The number of sulfonamides is 1. The summed E-state index contributed by atoms with van der Waals surface area (Å²) in [6, 6.07) is 16.2. The number of hydrogen-bond donors (Lipinski definition) is 0. The van der Waals surface area contributed by atoms with Crippen molar-refractivity contribution in [3.63, 3.8) is 0 Å². The average molecular weight is 474 g/mol. The van der Waals surface area contributed by atoms with Crippen molar-refractivity contribution >= 4 is 33.2 Å². The fourth-order valence-corrected chi connectivity index (χ4v) is 4.89. The summed E-state index contributed by atoms with van der Waals surface area (Å²) < 4.78 is 38.6. The van der Waals surface area contributed by atoms with E-state index in [9.17, 15) is 13.2 Å². The van der Waals surface area contributed by atoms with Crippen molar-refractivity contribution in [3.8, 4) is 11.5 Å². The molecule has 0 aromatic heterocycles. The monoisotopic (exact) mass is 473 g/mol. The molecule has 0 fully saturated rings. The molecule has 0 spiro atoms. The Bertz CT molecular complexity index is 1220. The van der Waals surface area contributed by atoms with Crippen molar-refractivity contribution in [1.29, 1.82) is 0 Å². The number of halogens is 1. The number of amides is 1. The van der Waals surface area contributed by atoms with Gasteiger partial charge in [0, 0.05) is 0 Å². The van der Waals surface area contributed by atoms with Gasteiger partial charge in [0.05, 0.1) is 22.7 Å². The molecule has 168 valence electrons. The molecule has 1 amide bonds. The Labute approximate surface area is 193 Å². The molecule has 6 nitrogen and oxygen atoms in total. The first kappa shape index (κ1) is 23.6. The summed E-state index contributed by atoms with van der Waals surface area (Å²) in [6.45, 7) is 5.09. The lowest BCUT2D eigenvalue weighted by molar-refractivity contribution is -0.119. The highest BCUT2D eigenvalue weighted by molar-refractivity contribution is 7.93. The molecule has 0 heterocycles. The maximum Gasteiger partial charge on any atom is 0.278 e. The Hall–Kier alpha value is -3.03. The second-order valence-corrected chi connectivity index (χ2v) is 9.50. The third-order valence-electron chi connectivity index (χ3n) is 4.90. The second-order valence-electron chi connectivity index (χ2n) is 7.30. The van der Waals surface area contributed by atoms with E-state index >= 15 is 0 Å². The van der Waals surface area contributed by atoms with E-state index in [2.05, 4.69) is 0 Å². The maximum atomic E-state index is 13.5. The Balaban J connectivity index is 2.02. The van der Waals surface area contributed by atoms with Crippen LogP contribution in [0, 0.1) is 20.8 Å². The van der Waals surface area contributed by atoms with E-state index in [1.807, 2.05) is 39.0 Å². The van der Waals surface area contributed by atoms with Crippen molar-refractivity contribution < 1.29 is 22.7 Å². The number of nitrogens with zero attached hydrogens (tertiary/aromatic N) is 1. The summed E-state index contributed by atoms with van der Waals surface area (Å²) in [5.41, 5.74) is 2.68. The number of para-hydroxylation sites is 1. The maximum absolute atomic E-state index is 13.5. The third kappa shape index (κ3) is 4.89. The molecule has 0 atom stereocenters. The highest BCUT2D eigenvalue weighted by Crippen LogP contribution is 2.32. The summed E-state index contributed by atoms with van der Waals surface area (Å²) >= 11 is 6.22. The van der Waals surface area contributed by atoms with Crippen molar-refractivity contribution in [1.82, 2.24) is 0 Å². The van der Waals surface area contributed by atoms with Gasteiger partial charge < -0.3 is 9.47 Å². The number of carbonyl (C=O) groups is 1. The van der Waals surface area contributed by atoms with Gasteiger partial charge in [-0.25, -0.2) is 8.42 Å². The smallest absolute Gasteiger partial charge is 0.278 e. The van der Waals surface area contributed by atoms with Gasteiger partial charge >= 0.3 is 0 Å². The minimum Gasteiger partial charge on any atom is -0.495 e. The van der Waals surface area contributed by atoms with Crippen LogP contribution in [0.4, 0.5) is 5.69 Å². The van der Waals surface area contributed by atoms with Crippen LogP contribution in [0.5, 0.6) is 11.5 Å². The third-order valence-corrected chi connectivity index (χ3v) is 6.96. The Morgan fingerprint density at radius 3 is 2.16 bits per heavy atom. The molecule has 0 saturated heterocycles. The van der Waals surface area contributed by atoms with E-state index < -0.39 is 22.5 Å². The summed E-state index contributed by atoms with van der Waals surface area (Å²) in [5, 5.41) is 0.178. The predicted molar refractivity (Wildman–Crippen MR) is 125 cm³/mol. The zero-order chi connectivity index (χ0) is 23.5. The minimum absolute atomic E-state index is 0.0181. The number of rotatable bonds is 7.